The van der Waals surface area contributed by atoms with Crippen molar-refractivity contribution in [1.29, 1.82) is 0 Å². The summed E-state index contributed by atoms with van der Waals surface area (Å²) in [6, 6.07) is 13.3. The summed E-state index contributed by atoms with van der Waals surface area (Å²) in [5.74, 6) is 1.22. The molecule has 2 aliphatic heterocycles. The Bertz CT molecular complexity index is 1540. The van der Waals surface area contributed by atoms with Crippen molar-refractivity contribution in [2.24, 2.45) is 0 Å². The number of nitrogen functional groups attached to an aromatic ring is 1. The summed E-state index contributed by atoms with van der Waals surface area (Å²) >= 11 is 0. The number of anilines is 1. The van der Waals surface area contributed by atoms with E-state index in [9.17, 15) is 9.59 Å². The van der Waals surface area contributed by atoms with Gasteiger partial charge in [-0.1, -0.05) is 0 Å². The maximum atomic E-state index is 13.0. The van der Waals surface area contributed by atoms with Crippen molar-refractivity contribution in [3.63, 3.8) is 0 Å². The second kappa shape index (κ2) is 10.5. The van der Waals surface area contributed by atoms with Crippen LogP contribution in [0.1, 0.15) is 46.5 Å². The fraction of sp³-hybridized carbons (Fsp3) is 0.290. The van der Waals surface area contributed by atoms with Crippen LogP contribution in [0.15, 0.2) is 65.4 Å². The quantitative estimate of drug-likeness (QED) is 0.340. The topological polar surface area (TPSA) is 112 Å². The Morgan fingerprint density at radius 3 is 2.59 bits per heavy atom. The number of carbonyl (C=O) groups excluding carboxylic acids is 2. The number of pyridine rings is 2. The van der Waals surface area contributed by atoms with E-state index in [0.717, 1.165) is 52.0 Å². The van der Waals surface area contributed by atoms with Crippen molar-refractivity contribution in [3.05, 3.63) is 83.4 Å². The number of morpholine rings is 1. The van der Waals surface area contributed by atoms with Gasteiger partial charge in [0.1, 0.15) is 17.2 Å². The van der Waals surface area contributed by atoms with E-state index >= 15 is 0 Å². The summed E-state index contributed by atoms with van der Waals surface area (Å²) in [7, 11) is 0. The first-order valence-electron chi connectivity index (χ1n) is 13.3. The molecular formula is C31H30N4O4. The minimum Gasteiger partial charge on any atom is -0.461 e. The van der Waals surface area contributed by atoms with Crippen molar-refractivity contribution >= 4 is 34.6 Å². The molecule has 2 bridgehead atoms. The van der Waals surface area contributed by atoms with E-state index in [1.807, 2.05) is 48.2 Å². The van der Waals surface area contributed by atoms with Crippen molar-refractivity contribution in [3.8, 4) is 11.3 Å². The number of aryl methyl sites for hydroxylation is 2. The highest BCUT2D eigenvalue weighted by molar-refractivity contribution is 5.95. The number of nitrogens with two attached hydrogens (primary N) is 1. The number of ketones is 1. The van der Waals surface area contributed by atoms with Crippen molar-refractivity contribution in [2.45, 2.75) is 44.8 Å². The van der Waals surface area contributed by atoms with E-state index < -0.39 is 0 Å². The molecule has 0 saturated carbocycles. The molecule has 0 spiro atoms. The van der Waals surface area contributed by atoms with Crippen LogP contribution in [0.4, 0.5) is 5.82 Å². The number of hydrogen-bond acceptors (Lipinski definition) is 7. The second-order valence-electron chi connectivity index (χ2n) is 10.3. The predicted molar refractivity (Wildman–Crippen MR) is 149 cm³/mol. The van der Waals surface area contributed by atoms with E-state index in [-0.39, 0.29) is 23.9 Å². The minimum atomic E-state index is 0.00765. The fourth-order valence-corrected chi connectivity index (χ4v) is 5.34. The Balaban J connectivity index is 1.12. The molecule has 2 N–H and O–H groups in total. The molecule has 8 heteroatoms. The first kappa shape index (κ1) is 25.0. The van der Waals surface area contributed by atoms with Gasteiger partial charge in [0, 0.05) is 49.3 Å². The molecule has 0 radical (unpaired) electrons. The lowest BCUT2D eigenvalue weighted by molar-refractivity contribution is -0.114. The fourth-order valence-electron chi connectivity index (χ4n) is 5.34. The van der Waals surface area contributed by atoms with Gasteiger partial charge >= 0.3 is 0 Å². The average Bonchev–Trinajstić information content (AvgIpc) is 3.53. The first-order valence-corrected chi connectivity index (χ1v) is 13.3. The number of likely N-dealkylation sites (tertiary alicyclic amines) is 1. The Labute approximate surface area is 226 Å². The lowest BCUT2D eigenvalue weighted by atomic mass is 10.0. The van der Waals surface area contributed by atoms with E-state index in [1.54, 1.807) is 30.6 Å². The van der Waals surface area contributed by atoms with Gasteiger partial charge in [0.25, 0.3) is 5.91 Å². The monoisotopic (exact) mass is 522 g/mol. The Morgan fingerprint density at radius 2 is 1.87 bits per heavy atom. The standard InChI is InChI=1S/C31H30N4O4/c1-19-12-22(28-10-4-21(16-33-28)31(37)35-17-26-8-9-27(18-35)38-26)13-23-14-25(39-30(19)23)7-6-24(36)5-2-20-3-11-29(32)34-15-20/h2-5,10-16,26-27H,6-9,17-18H2,1H3,(H2,32,34)/b5-2+. The van der Waals surface area contributed by atoms with Crippen LogP contribution in [0.25, 0.3) is 28.3 Å². The van der Waals surface area contributed by atoms with Crippen molar-refractivity contribution in [1.82, 2.24) is 14.9 Å². The number of hydrogen-bond donors (Lipinski definition) is 1. The van der Waals surface area contributed by atoms with Crippen LogP contribution < -0.4 is 5.73 Å². The average molecular weight is 523 g/mol. The third kappa shape index (κ3) is 5.47. The highest BCUT2D eigenvalue weighted by atomic mass is 16.5. The summed E-state index contributed by atoms with van der Waals surface area (Å²) in [5, 5.41) is 0.960. The highest BCUT2D eigenvalue weighted by Gasteiger charge is 2.36. The Hall–Kier alpha value is -4.30. The number of carbonyl (C=O) groups is 2. The largest absolute Gasteiger partial charge is 0.461 e. The SMILES string of the molecule is Cc1cc(-c2ccc(C(=O)N3CC4CCC(C3)O4)cn2)cc2cc(CCC(=O)/C=C/c3ccc(N)nc3)oc12. The maximum Gasteiger partial charge on any atom is 0.255 e. The zero-order valence-corrected chi connectivity index (χ0v) is 21.8. The minimum absolute atomic E-state index is 0.00765. The number of ether oxygens (including phenoxy) is 1. The van der Waals surface area contributed by atoms with E-state index in [4.69, 9.17) is 14.9 Å². The molecule has 39 heavy (non-hydrogen) atoms. The number of allylic oxidation sites excluding steroid dienone is 1. The number of fused-ring (bicyclic) bond motifs is 3. The highest BCUT2D eigenvalue weighted by Crippen LogP contribution is 2.30. The lowest BCUT2D eigenvalue weighted by Gasteiger charge is -2.32. The second-order valence-corrected chi connectivity index (χ2v) is 10.3. The van der Waals surface area contributed by atoms with Crippen molar-refractivity contribution < 1.29 is 18.7 Å². The van der Waals surface area contributed by atoms with Gasteiger partial charge in [-0.05, 0) is 85.5 Å². The first-order chi connectivity index (χ1) is 18.9. The van der Waals surface area contributed by atoms with Gasteiger partial charge in [0.15, 0.2) is 5.78 Å². The van der Waals surface area contributed by atoms with Gasteiger partial charge in [-0.2, -0.15) is 0 Å². The van der Waals surface area contributed by atoms with E-state index in [2.05, 4.69) is 9.97 Å². The molecule has 198 valence electrons. The van der Waals surface area contributed by atoms with Crippen LogP contribution in [0, 0.1) is 6.92 Å². The molecule has 2 atom stereocenters. The molecule has 8 nitrogen and oxygen atoms in total. The van der Waals surface area contributed by atoms with Crippen LogP contribution in [-0.2, 0) is 16.0 Å². The zero-order chi connectivity index (χ0) is 26.9. The molecule has 6 rings (SSSR count). The number of furan rings is 1. The number of rotatable bonds is 7. The van der Waals surface area contributed by atoms with Crippen LogP contribution in [0.5, 0.6) is 0 Å². The predicted octanol–water partition coefficient (Wildman–Crippen LogP) is 5.00. The molecule has 3 aromatic heterocycles. The van der Waals surface area contributed by atoms with Gasteiger partial charge in [0.05, 0.1) is 23.5 Å². The van der Waals surface area contributed by atoms with Gasteiger partial charge < -0.3 is 19.8 Å². The third-order valence-corrected chi connectivity index (χ3v) is 7.38. The van der Waals surface area contributed by atoms with Gasteiger partial charge in [-0.3, -0.25) is 14.6 Å². The normalized spacial score (nSPS) is 18.7. The smallest absolute Gasteiger partial charge is 0.255 e. The molecule has 1 aromatic carbocycles. The lowest BCUT2D eigenvalue weighted by Crippen LogP contribution is -2.45. The molecule has 1 amide bonds. The number of benzene rings is 1. The van der Waals surface area contributed by atoms with E-state index in [0.29, 0.717) is 37.3 Å². The number of aromatic nitrogens is 2. The Morgan fingerprint density at radius 1 is 1.05 bits per heavy atom. The molecule has 0 aliphatic carbocycles. The van der Waals surface area contributed by atoms with Gasteiger partial charge in [-0.15, -0.1) is 0 Å². The molecule has 4 aromatic rings. The third-order valence-electron chi connectivity index (χ3n) is 7.38. The molecule has 2 fully saturated rings. The maximum absolute atomic E-state index is 13.0. The summed E-state index contributed by atoms with van der Waals surface area (Å²) in [6.07, 6.45) is 9.81. The summed E-state index contributed by atoms with van der Waals surface area (Å²) < 4.78 is 11.9. The molecule has 2 aliphatic rings. The van der Waals surface area contributed by atoms with Crippen LogP contribution in [0.2, 0.25) is 0 Å². The van der Waals surface area contributed by atoms with Crippen LogP contribution >= 0.6 is 0 Å². The molecule has 5 heterocycles. The molecule has 2 unspecified atom stereocenters. The van der Waals surface area contributed by atoms with Crippen LogP contribution in [-0.4, -0.2) is 51.9 Å². The number of amides is 1. The molecular weight excluding hydrogens is 492 g/mol. The molecule has 2 saturated heterocycles. The summed E-state index contributed by atoms with van der Waals surface area (Å²) in [6.45, 7) is 3.30. The summed E-state index contributed by atoms with van der Waals surface area (Å²) in [4.78, 5) is 35.9. The summed E-state index contributed by atoms with van der Waals surface area (Å²) in [5.41, 5.74) is 10.5. The van der Waals surface area contributed by atoms with Crippen molar-refractivity contribution in [2.75, 3.05) is 18.8 Å². The van der Waals surface area contributed by atoms with Crippen LogP contribution in [0.3, 0.4) is 0 Å². The van der Waals surface area contributed by atoms with Gasteiger partial charge in [-0.25, -0.2) is 4.98 Å². The van der Waals surface area contributed by atoms with Gasteiger partial charge in [0.2, 0.25) is 0 Å². The zero-order valence-electron chi connectivity index (χ0n) is 21.8. The Kier molecular flexibility index (Phi) is 6.70. The number of nitrogens with zero attached hydrogens (tertiary/aromatic N) is 3. The van der Waals surface area contributed by atoms with E-state index in [1.165, 1.54) is 0 Å².